The number of benzene rings is 2. The van der Waals surface area contributed by atoms with Crippen molar-refractivity contribution in [3.63, 3.8) is 0 Å². The maximum atomic E-state index is 12.1. The molecule has 0 saturated heterocycles. The van der Waals surface area contributed by atoms with Gasteiger partial charge in [-0.25, -0.2) is 9.67 Å². The Kier molecular flexibility index (Phi) is 8.38. The van der Waals surface area contributed by atoms with E-state index < -0.39 is 0 Å². The lowest BCUT2D eigenvalue weighted by molar-refractivity contribution is -0.144. The zero-order valence-corrected chi connectivity index (χ0v) is 18.5. The zero-order valence-electron chi connectivity index (χ0n) is 17.7. The molecule has 0 aliphatic carbocycles. The first-order valence-corrected chi connectivity index (χ1v) is 9.49. The molecule has 0 aliphatic rings. The van der Waals surface area contributed by atoms with Gasteiger partial charge in [-0.1, -0.05) is 18.2 Å². The minimum absolute atomic E-state index is 0. The Morgan fingerprint density at radius 2 is 1.83 bits per heavy atom. The van der Waals surface area contributed by atoms with Gasteiger partial charge in [-0.2, -0.15) is 0 Å². The number of nitrogens with zero attached hydrogens (tertiary/aromatic N) is 4. The number of esters is 1. The SMILES string of the molecule is CCOC(=O)Cn1nc(-c2ccc(OC)cc2)nc1-c1cccc(CN(C)C)c1.Cl. The van der Waals surface area contributed by atoms with Crippen LogP contribution in [0.25, 0.3) is 22.8 Å². The van der Waals surface area contributed by atoms with Crippen molar-refractivity contribution in [2.75, 3.05) is 27.8 Å². The Labute approximate surface area is 183 Å². The van der Waals surface area contributed by atoms with Gasteiger partial charge in [0.2, 0.25) is 0 Å². The Morgan fingerprint density at radius 3 is 2.47 bits per heavy atom. The highest BCUT2D eigenvalue weighted by molar-refractivity contribution is 5.85. The molecule has 3 rings (SSSR count). The van der Waals surface area contributed by atoms with Crippen LogP contribution < -0.4 is 4.74 Å². The maximum absolute atomic E-state index is 12.1. The van der Waals surface area contributed by atoms with Crippen molar-refractivity contribution in [3.05, 3.63) is 54.1 Å². The van der Waals surface area contributed by atoms with E-state index in [4.69, 9.17) is 14.5 Å². The molecule has 0 spiro atoms. The normalized spacial score (nSPS) is 10.6. The summed E-state index contributed by atoms with van der Waals surface area (Å²) in [4.78, 5) is 18.9. The van der Waals surface area contributed by atoms with Crippen LogP contribution in [0.1, 0.15) is 12.5 Å². The lowest BCUT2D eigenvalue weighted by Crippen LogP contribution is -2.15. The topological polar surface area (TPSA) is 69.5 Å². The van der Waals surface area contributed by atoms with E-state index >= 15 is 0 Å². The first kappa shape index (κ1) is 23.4. The fourth-order valence-corrected chi connectivity index (χ4v) is 3.03. The highest BCUT2D eigenvalue weighted by Crippen LogP contribution is 2.25. The quantitative estimate of drug-likeness (QED) is 0.508. The van der Waals surface area contributed by atoms with Crippen LogP contribution in [0, 0.1) is 0 Å². The van der Waals surface area contributed by atoms with E-state index in [1.807, 2.05) is 50.5 Å². The molecule has 0 atom stereocenters. The van der Waals surface area contributed by atoms with Crippen LogP contribution in [0.4, 0.5) is 0 Å². The lowest BCUT2D eigenvalue weighted by Gasteiger charge is -2.11. The molecule has 0 unspecified atom stereocenters. The van der Waals surface area contributed by atoms with Crippen LogP contribution in [0.3, 0.4) is 0 Å². The minimum Gasteiger partial charge on any atom is -0.497 e. The first-order valence-electron chi connectivity index (χ1n) is 9.49. The summed E-state index contributed by atoms with van der Waals surface area (Å²) in [5.41, 5.74) is 2.91. The number of hydrogen-bond acceptors (Lipinski definition) is 6. The molecule has 3 aromatic rings. The van der Waals surface area contributed by atoms with E-state index in [-0.39, 0.29) is 24.9 Å². The number of halogens is 1. The summed E-state index contributed by atoms with van der Waals surface area (Å²) < 4.78 is 11.9. The highest BCUT2D eigenvalue weighted by atomic mass is 35.5. The number of methoxy groups -OCH3 is 1. The van der Waals surface area contributed by atoms with E-state index in [1.165, 1.54) is 0 Å². The number of carbonyl (C=O) groups excluding carboxylic acids is 1. The average Bonchev–Trinajstić information content (AvgIpc) is 3.11. The van der Waals surface area contributed by atoms with Crippen molar-refractivity contribution in [1.82, 2.24) is 19.7 Å². The van der Waals surface area contributed by atoms with Gasteiger partial charge in [-0.15, -0.1) is 17.5 Å². The van der Waals surface area contributed by atoms with Crippen LogP contribution in [-0.2, 0) is 22.6 Å². The van der Waals surface area contributed by atoms with Gasteiger partial charge in [-0.3, -0.25) is 4.79 Å². The lowest BCUT2D eigenvalue weighted by atomic mass is 10.1. The molecule has 30 heavy (non-hydrogen) atoms. The summed E-state index contributed by atoms with van der Waals surface area (Å²) in [6, 6.07) is 15.6. The molecule has 1 aromatic heterocycles. The van der Waals surface area contributed by atoms with Crippen molar-refractivity contribution in [3.8, 4) is 28.5 Å². The smallest absolute Gasteiger partial charge is 0.327 e. The Bertz CT molecular complexity index is 971. The Balaban J connectivity index is 0.00000320. The minimum atomic E-state index is -0.343. The third kappa shape index (κ3) is 5.81. The van der Waals surface area contributed by atoms with Crippen LogP contribution in [-0.4, -0.2) is 53.4 Å². The van der Waals surface area contributed by atoms with Crippen LogP contribution in [0.15, 0.2) is 48.5 Å². The summed E-state index contributed by atoms with van der Waals surface area (Å²) in [5, 5.41) is 4.58. The van der Waals surface area contributed by atoms with Crippen molar-refractivity contribution >= 4 is 18.4 Å². The van der Waals surface area contributed by atoms with Gasteiger partial charge in [0.25, 0.3) is 0 Å². The van der Waals surface area contributed by atoms with Gasteiger partial charge in [0.1, 0.15) is 12.3 Å². The molecular formula is C22H27ClN4O3. The number of aromatic nitrogens is 3. The first-order chi connectivity index (χ1) is 14.0. The Morgan fingerprint density at radius 1 is 1.10 bits per heavy atom. The third-order valence-electron chi connectivity index (χ3n) is 4.29. The predicted octanol–water partition coefficient (Wildman–Crippen LogP) is 3.67. The summed E-state index contributed by atoms with van der Waals surface area (Å²) in [6.07, 6.45) is 0. The molecule has 0 radical (unpaired) electrons. The summed E-state index contributed by atoms with van der Waals surface area (Å²) in [6.45, 7) is 2.93. The molecule has 8 heteroatoms. The van der Waals surface area contributed by atoms with Crippen molar-refractivity contribution in [2.24, 2.45) is 0 Å². The molecule has 0 saturated carbocycles. The average molecular weight is 431 g/mol. The monoisotopic (exact) mass is 430 g/mol. The van der Waals surface area contributed by atoms with Gasteiger partial charge in [0, 0.05) is 17.7 Å². The molecule has 0 aliphatic heterocycles. The number of rotatable bonds is 8. The number of ether oxygens (including phenoxy) is 2. The molecule has 0 fully saturated rings. The van der Waals surface area contributed by atoms with Crippen molar-refractivity contribution < 1.29 is 14.3 Å². The number of carbonyl (C=O) groups is 1. The van der Waals surface area contributed by atoms with E-state index in [2.05, 4.69) is 22.1 Å². The standard InChI is InChI=1S/C22H26N4O3.ClH/c1-5-29-20(27)15-26-22(18-8-6-7-16(13-18)14-25(2)3)23-21(24-26)17-9-11-19(28-4)12-10-17;/h6-13H,5,14-15H2,1-4H3;1H. The molecule has 2 aromatic carbocycles. The molecule has 0 amide bonds. The predicted molar refractivity (Wildman–Crippen MR) is 119 cm³/mol. The molecule has 160 valence electrons. The zero-order chi connectivity index (χ0) is 20.8. The van der Waals surface area contributed by atoms with Crippen molar-refractivity contribution in [2.45, 2.75) is 20.0 Å². The van der Waals surface area contributed by atoms with Gasteiger partial charge >= 0.3 is 5.97 Å². The van der Waals surface area contributed by atoms with E-state index in [9.17, 15) is 4.79 Å². The molecule has 1 heterocycles. The van der Waals surface area contributed by atoms with Gasteiger partial charge in [0.05, 0.1) is 13.7 Å². The summed E-state index contributed by atoms with van der Waals surface area (Å²) in [7, 11) is 5.68. The van der Waals surface area contributed by atoms with Gasteiger partial charge < -0.3 is 14.4 Å². The second kappa shape index (κ2) is 10.8. The highest BCUT2D eigenvalue weighted by Gasteiger charge is 2.17. The third-order valence-corrected chi connectivity index (χ3v) is 4.29. The molecule has 7 nitrogen and oxygen atoms in total. The van der Waals surface area contributed by atoms with Crippen LogP contribution in [0.2, 0.25) is 0 Å². The number of hydrogen-bond donors (Lipinski definition) is 0. The van der Waals surface area contributed by atoms with E-state index in [0.29, 0.717) is 18.3 Å². The molecular weight excluding hydrogens is 404 g/mol. The molecule has 0 N–H and O–H groups in total. The summed E-state index contributed by atoms with van der Waals surface area (Å²) >= 11 is 0. The van der Waals surface area contributed by atoms with Crippen molar-refractivity contribution in [1.29, 1.82) is 0 Å². The van der Waals surface area contributed by atoms with Gasteiger partial charge in [0.15, 0.2) is 11.6 Å². The van der Waals surface area contributed by atoms with Crippen LogP contribution >= 0.6 is 12.4 Å². The Hall–Kier alpha value is -2.90. The van der Waals surface area contributed by atoms with Crippen LogP contribution in [0.5, 0.6) is 5.75 Å². The second-order valence-electron chi connectivity index (χ2n) is 6.89. The van der Waals surface area contributed by atoms with E-state index in [0.717, 1.165) is 29.0 Å². The second-order valence-corrected chi connectivity index (χ2v) is 6.89. The van der Waals surface area contributed by atoms with Gasteiger partial charge in [-0.05, 0) is 56.9 Å². The largest absolute Gasteiger partial charge is 0.497 e. The maximum Gasteiger partial charge on any atom is 0.327 e. The summed E-state index contributed by atoms with van der Waals surface area (Å²) in [5.74, 6) is 1.59. The van der Waals surface area contributed by atoms with E-state index in [1.54, 1.807) is 18.7 Å². The fraction of sp³-hybridized carbons (Fsp3) is 0.318. The molecule has 0 bridgehead atoms. The fourth-order valence-electron chi connectivity index (χ4n) is 3.03.